The predicted molar refractivity (Wildman–Crippen MR) is 79.4 cm³/mol. The van der Waals surface area contributed by atoms with Crippen molar-refractivity contribution in [2.45, 2.75) is 25.7 Å². The molecule has 1 fully saturated rings. The maximum absolute atomic E-state index is 12.0. The molecule has 3 N–H and O–H groups in total. The number of likely N-dealkylation sites (tertiary alicyclic amines) is 1. The summed E-state index contributed by atoms with van der Waals surface area (Å²) in [5, 5.41) is 3.70. The minimum Gasteiger partial charge on any atom is -0.396 e. The maximum atomic E-state index is 12.0. The lowest BCUT2D eigenvalue weighted by Gasteiger charge is -2.26. The average molecular weight is 282 g/mol. The Morgan fingerprint density at radius 3 is 2.79 bits per heavy atom. The van der Waals surface area contributed by atoms with Crippen LogP contribution >= 0.6 is 11.6 Å². The van der Waals surface area contributed by atoms with Crippen molar-refractivity contribution in [3.63, 3.8) is 0 Å². The number of piperidine rings is 1. The van der Waals surface area contributed by atoms with E-state index in [-0.39, 0.29) is 5.91 Å². The molecular weight excluding hydrogens is 262 g/mol. The molecule has 0 radical (unpaired) electrons. The SMILES string of the molecule is Nc1c(Cl)cccc1NCCC(=O)N1CCCCC1. The molecule has 2 rings (SSSR count). The van der Waals surface area contributed by atoms with Crippen LogP contribution in [0, 0.1) is 0 Å². The Morgan fingerprint density at radius 1 is 1.32 bits per heavy atom. The van der Waals surface area contributed by atoms with Crippen molar-refractivity contribution in [2.75, 3.05) is 30.7 Å². The van der Waals surface area contributed by atoms with E-state index in [1.54, 1.807) is 6.07 Å². The largest absolute Gasteiger partial charge is 0.396 e. The van der Waals surface area contributed by atoms with E-state index < -0.39 is 0 Å². The first-order valence-corrected chi connectivity index (χ1v) is 7.12. The second-order valence-corrected chi connectivity index (χ2v) is 5.23. The number of amides is 1. The summed E-state index contributed by atoms with van der Waals surface area (Å²) in [5.74, 6) is 0.216. The molecule has 1 aliphatic heterocycles. The number of para-hydroxylation sites is 1. The number of rotatable bonds is 4. The molecule has 4 nitrogen and oxygen atoms in total. The van der Waals surface area contributed by atoms with E-state index in [1.807, 2.05) is 17.0 Å². The van der Waals surface area contributed by atoms with Crippen LogP contribution in [-0.2, 0) is 4.79 Å². The van der Waals surface area contributed by atoms with Gasteiger partial charge >= 0.3 is 0 Å². The number of hydrogen-bond acceptors (Lipinski definition) is 3. The van der Waals surface area contributed by atoms with E-state index >= 15 is 0 Å². The molecule has 0 unspecified atom stereocenters. The Bertz CT molecular complexity index is 444. The summed E-state index contributed by atoms with van der Waals surface area (Å²) in [6.07, 6.45) is 3.98. The lowest BCUT2D eigenvalue weighted by Crippen LogP contribution is -2.36. The maximum Gasteiger partial charge on any atom is 0.224 e. The summed E-state index contributed by atoms with van der Waals surface area (Å²) >= 11 is 5.94. The zero-order valence-electron chi connectivity index (χ0n) is 11.0. The van der Waals surface area contributed by atoms with Crippen LogP contribution in [-0.4, -0.2) is 30.4 Å². The molecule has 19 heavy (non-hydrogen) atoms. The molecule has 5 heteroatoms. The molecule has 1 aromatic carbocycles. The molecule has 0 atom stereocenters. The molecule has 1 amide bonds. The number of nitrogens with one attached hydrogen (secondary N) is 1. The molecule has 0 saturated carbocycles. The molecule has 104 valence electrons. The molecule has 0 aliphatic carbocycles. The van der Waals surface area contributed by atoms with Crippen LogP contribution in [0.15, 0.2) is 18.2 Å². The first-order chi connectivity index (χ1) is 9.18. The zero-order valence-corrected chi connectivity index (χ0v) is 11.7. The molecule has 1 heterocycles. The highest BCUT2D eigenvalue weighted by molar-refractivity contribution is 6.33. The van der Waals surface area contributed by atoms with Gasteiger partial charge in [0.15, 0.2) is 0 Å². The minimum absolute atomic E-state index is 0.216. The molecule has 0 bridgehead atoms. The quantitative estimate of drug-likeness (QED) is 0.835. The highest BCUT2D eigenvalue weighted by Gasteiger charge is 2.15. The molecule has 1 saturated heterocycles. The third kappa shape index (κ3) is 3.77. The third-order valence-corrected chi connectivity index (χ3v) is 3.75. The third-order valence-electron chi connectivity index (χ3n) is 3.42. The van der Waals surface area contributed by atoms with Crippen LogP contribution in [0.3, 0.4) is 0 Å². The van der Waals surface area contributed by atoms with Gasteiger partial charge in [-0.1, -0.05) is 17.7 Å². The van der Waals surface area contributed by atoms with E-state index in [0.29, 0.717) is 23.7 Å². The monoisotopic (exact) mass is 281 g/mol. The molecule has 0 aromatic heterocycles. The fourth-order valence-electron chi connectivity index (χ4n) is 2.30. The Labute approximate surface area is 118 Å². The summed E-state index contributed by atoms with van der Waals surface area (Å²) in [7, 11) is 0. The number of hydrogen-bond donors (Lipinski definition) is 2. The Hall–Kier alpha value is -1.42. The van der Waals surface area contributed by atoms with Crippen molar-refractivity contribution >= 4 is 28.9 Å². The average Bonchev–Trinajstić information content (AvgIpc) is 2.44. The second kappa shape index (κ2) is 6.66. The van der Waals surface area contributed by atoms with Gasteiger partial charge in [-0.2, -0.15) is 0 Å². The number of nitrogens with two attached hydrogens (primary N) is 1. The van der Waals surface area contributed by atoms with Crippen LogP contribution in [0.1, 0.15) is 25.7 Å². The van der Waals surface area contributed by atoms with Gasteiger partial charge in [-0.05, 0) is 31.4 Å². The van der Waals surface area contributed by atoms with Gasteiger partial charge < -0.3 is 16.0 Å². The van der Waals surface area contributed by atoms with Gasteiger partial charge in [0.05, 0.1) is 16.4 Å². The van der Waals surface area contributed by atoms with Crippen molar-refractivity contribution in [3.8, 4) is 0 Å². The number of carbonyl (C=O) groups is 1. The Morgan fingerprint density at radius 2 is 2.05 bits per heavy atom. The van der Waals surface area contributed by atoms with Crippen molar-refractivity contribution < 1.29 is 4.79 Å². The van der Waals surface area contributed by atoms with Crippen LogP contribution < -0.4 is 11.1 Å². The highest BCUT2D eigenvalue weighted by Crippen LogP contribution is 2.26. The molecule has 0 spiro atoms. The number of nitrogens with zero attached hydrogens (tertiary/aromatic N) is 1. The Balaban J connectivity index is 1.79. The number of benzene rings is 1. The first-order valence-electron chi connectivity index (χ1n) is 6.74. The number of nitrogen functional groups attached to an aromatic ring is 1. The molecular formula is C14H20ClN3O. The lowest BCUT2D eigenvalue weighted by atomic mass is 10.1. The van der Waals surface area contributed by atoms with Crippen LogP contribution in [0.4, 0.5) is 11.4 Å². The van der Waals surface area contributed by atoms with Gasteiger partial charge in [0, 0.05) is 26.1 Å². The fourth-order valence-corrected chi connectivity index (χ4v) is 2.47. The van der Waals surface area contributed by atoms with E-state index in [1.165, 1.54) is 6.42 Å². The highest BCUT2D eigenvalue weighted by atomic mass is 35.5. The van der Waals surface area contributed by atoms with Gasteiger partial charge in [0.25, 0.3) is 0 Å². The number of halogens is 1. The van der Waals surface area contributed by atoms with Crippen molar-refractivity contribution in [1.82, 2.24) is 4.90 Å². The fraction of sp³-hybridized carbons (Fsp3) is 0.500. The first kappa shape index (κ1) is 14.0. The van der Waals surface area contributed by atoms with Crippen molar-refractivity contribution in [2.24, 2.45) is 0 Å². The summed E-state index contributed by atoms with van der Waals surface area (Å²) in [5.41, 5.74) is 7.18. The van der Waals surface area contributed by atoms with E-state index in [0.717, 1.165) is 31.6 Å². The number of anilines is 2. The van der Waals surface area contributed by atoms with E-state index in [2.05, 4.69) is 5.32 Å². The van der Waals surface area contributed by atoms with E-state index in [4.69, 9.17) is 17.3 Å². The smallest absolute Gasteiger partial charge is 0.224 e. The summed E-state index contributed by atoms with van der Waals surface area (Å²) < 4.78 is 0. The van der Waals surface area contributed by atoms with Gasteiger partial charge in [0.1, 0.15) is 0 Å². The van der Waals surface area contributed by atoms with Crippen LogP contribution in [0.5, 0.6) is 0 Å². The van der Waals surface area contributed by atoms with Crippen LogP contribution in [0.25, 0.3) is 0 Å². The summed E-state index contributed by atoms with van der Waals surface area (Å²) in [6, 6.07) is 5.46. The number of carbonyl (C=O) groups excluding carboxylic acids is 1. The van der Waals surface area contributed by atoms with Gasteiger partial charge in [-0.15, -0.1) is 0 Å². The lowest BCUT2D eigenvalue weighted by molar-refractivity contribution is -0.131. The van der Waals surface area contributed by atoms with Gasteiger partial charge in [-0.3, -0.25) is 4.79 Å². The topological polar surface area (TPSA) is 58.4 Å². The second-order valence-electron chi connectivity index (χ2n) is 4.82. The zero-order chi connectivity index (χ0) is 13.7. The van der Waals surface area contributed by atoms with Crippen LogP contribution in [0.2, 0.25) is 5.02 Å². The Kier molecular flexibility index (Phi) is 4.91. The molecule has 1 aromatic rings. The van der Waals surface area contributed by atoms with Gasteiger partial charge in [0.2, 0.25) is 5.91 Å². The van der Waals surface area contributed by atoms with E-state index in [9.17, 15) is 4.79 Å². The molecule has 1 aliphatic rings. The normalized spacial score (nSPS) is 15.3. The standard InChI is InChI=1S/C14H20ClN3O/c15-11-5-4-6-12(14(11)16)17-8-7-13(19)18-9-2-1-3-10-18/h4-6,17H,1-3,7-10,16H2. The minimum atomic E-state index is 0.216. The predicted octanol–water partition coefficient (Wildman–Crippen LogP) is 2.74. The van der Waals surface area contributed by atoms with Crippen molar-refractivity contribution in [1.29, 1.82) is 0 Å². The summed E-state index contributed by atoms with van der Waals surface area (Å²) in [4.78, 5) is 13.9. The van der Waals surface area contributed by atoms with Gasteiger partial charge in [-0.25, -0.2) is 0 Å². The van der Waals surface area contributed by atoms with Crippen molar-refractivity contribution in [3.05, 3.63) is 23.2 Å². The summed E-state index contributed by atoms with van der Waals surface area (Å²) in [6.45, 7) is 2.39.